The van der Waals surface area contributed by atoms with Crippen LogP contribution < -0.4 is 10.1 Å². The third-order valence-electron chi connectivity index (χ3n) is 3.04. The largest absolute Gasteiger partial charge is 0.497 e. The maximum absolute atomic E-state index is 12.0. The van der Waals surface area contributed by atoms with Crippen molar-refractivity contribution in [3.63, 3.8) is 0 Å². The van der Waals surface area contributed by atoms with E-state index in [9.17, 15) is 13.2 Å². The van der Waals surface area contributed by atoms with Crippen molar-refractivity contribution in [1.29, 1.82) is 0 Å². The lowest BCUT2D eigenvalue weighted by molar-refractivity contribution is -0.116. The molecule has 0 heterocycles. The Morgan fingerprint density at radius 2 is 1.95 bits per heavy atom. The molecule has 0 aromatic heterocycles. The maximum atomic E-state index is 12.0. The van der Waals surface area contributed by atoms with Gasteiger partial charge in [-0.1, -0.05) is 6.07 Å². The van der Waals surface area contributed by atoms with Crippen LogP contribution in [0, 0.1) is 0 Å². The molecule has 1 aromatic carbocycles. The minimum atomic E-state index is -3.37. The summed E-state index contributed by atoms with van der Waals surface area (Å²) in [4.78, 5) is 12.0. The zero-order chi connectivity index (χ0) is 17.0. The zero-order valence-electron chi connectivity index (χ0n) is 13.7. The van der Waals surface area contributed by atoms with Crippen molar-refractivity contribution >= 4 is 21.6 Å². The normalized spacial score (nSPS) is 12.3. The van der Waals surface area contributed by atoms with Gasteiger partial charge >= 0.3 is 0 Å². The third-order valence-corrected chi connectivity index (χ3v) is 4.57. The van der Waals surface area contributed by atoms with Crippen LogP contribution in [0.25, 0.3) is 0 Å². The van der Waals surface area contributed by atoms with E-state index < -0.39 is 15.6 Å². The topological polar surface area (TPSA) is 75.7 Å². The van der Waals surface area contributed by atoms with Gasteiger partial charge < -0.3 is 10.1 Å². The molecule has 0 atom stereocenters. The summed E-state index contributed by atoms with van der Waals surface area (Å²) in [5, 5.41) is 2.73. The highest BCUT2D eigenvalue weighted by Crippen LogP contribution is 2.19. The highest BCUT2D eigenvalue weighted by atomic mass is 32.2. The molecule has 0 aliphatic carbocycles. The van der Waals surface area contributed by atoms with Crippen LogP contribution in [0.3, 0.4) is 0 Å². The van der Waals surface area contributed by atoms with E-state index in [1.165, 1.54) is 4.31 Å². The Morgan fingerprint density at radius 3 is 2.45 bits per heavy atom. The Hall–Kier alpha value is -1.60. The van der Waals surface area contributed by atoms with Crippen molar-refractivity contribution in [2.75, 3.05) is 25.2 Å². The van der Waals surface area contributed by atoms with Crippen LogP contribution in [0.2, 0.25) is 0 Å². The average molecular weight is 328 g/mol. The van der Waals surface area contributed by atoms with Crippen LogP contribution in [0.1, 0.15) is 27.2 Å². The second-order valence-electron chi connectivity index (χ2n) is 6.04. The van der Waals surface area contributed by atoms with Crippen LogP contribution in [0.5, 0.6) is 5.75 Å². The molecule has 7 heteroatoms. The Kier molecular flexibility index (Phi) is 5.96. The summed E-state index contributed by atoms with van der Waals surface area (Å²) in [6.07, 6.45) is 1.24. The molecule has 0 aliphatic rings. The molecule has 0 unspecified atom stereocenters. The van der Waals surface area contributed by atoms with E-state index in [-0.39, 0.29) is 18.9 Å². The summed E-state index contributed by atoms with van der Waals surface area (Å²) in [5.41, 5.74) is 0.0510. The van der Waals surface area contributed by atoms with E-state index in [4.69, 9.17) is 4.74 Å². The monoisotopic (exact) mass is 328 g/mol. The summed E-state index contributed by atoms with van der Waals surface area (Å²) >= 11 is 0. The molecule has 0 radical (unpaired) electrons. The van der Waals surface area contributed by atoms with E-state index in [0.717, 1.165) is 6.26 Å². The Bertz CT molecular complexity index is 621. The van der Waals surface area contributed by atoms with Gasteiger partial charge in [-0.25, -0.2) is 8.42 Å². The summed E-state index contributed by atoms with van der Waals surface area (Å²) in [5.74, 6) is 0.399. The lowest BCUT2D eigenvalue weighted by atomic mass is 10.1. The standard InChI is InChI=1S/C15H24N2O4S/c1-15(2,3)17(22(5,19)20)10-9-14(18)16-12-7-6-8-13(11-12)21-4/h6-8,11H,9-10H2,1-5H3,(H,16,18). The fourth-order valence-electron chi connectivity index (χ4n) is 2.13. The molecule has 0 saturated heterocycles. The number of nitrogens with zero attached hydrogens (tertiary/aromatic N) is 1. The number of benzene rings is 1. The number of anilines is 1. The number of carbonyl (C=O) groups is 1. The van der Waals surface area contributed by atoms with E-state index in [1.807, 2.05) is 0 Å². The fourth-order valence-corrected chi connectivity index (χ4v) is 3.54. The molecule has 124 valence electrons. The molecule has 22 heavy (non-hydrogen) atoms. The predicted octanol–water partition coefficient (Wildman–Crippen LogP) is 2.08. The van der Waals surface area contributed by atoms with E-state index in [1.54, 1.807) is 52.1 Å². The zero-order valence-corrected chi connectivity index (χ0v) is 14.5. The molecular weight excluding hydrogens is 304 g/mol. The van der Waals surface area contributed by atoms with Gasteiger partial charge in [0.15, 0.2) is 0 Å². The first-order valence-electron chi connectivity index (χ1n) is 6.96. The van der Waals surface area contributed by atoms with Crippen LogP contribution in [-0.4, -0.2) is 44.1 Å². The molecule has 0 saturated carbocycles. The second-order valence-corrected chi connectivity index (χ2v) is 7.94. The number of carbonyl (C=O) groups excluding carboxylic acids is 1. The molecule has 1 rings (SSSR count). The van der Waals surface area contributed by atoms with Gasteiger partial charge in [-0.3, -0.25) is 4.79 Å². The number of ether oxygens (including phenoxy) is 1. The van der Waals surface area contributed by atoms with Crippen LogP contribution in [-0.2, 0) is 14.8 Å². The molecule has 0 fully saturated rings. The van der Waals surface area contributed by atoms with E-state index in [2.05, 4.69) is 5.32 Å². The van der Waals surface area contributed by atoms with E-state index in [0.29, 0.717) is 11.4 Å². The minimum Gasteiger partial charge on any atom is -0.497 e. The molecule has 0 aliphatic heterocycles. The minimum absolute atomic E-state index is 0.0849. The first-order valence-corrected chi connectivity index (χ1v) is 8.80. The van der Waals surface area contributed by atoms with Gasteiger partial charge in [0, 0.05) is 30.3 Å². The van der Waals surface area contributed by atoms with Gasteiger partial charge in [0.1, 0.15) is 5.75 Å². The predicted molar refractivity (Wildman–Crippen MR) is 87.5 cm³/mol. The van der Waals surface area contributed by atoms with Crippen LogP contribution in [0.15, 0.2) is 24.3 Å². The lowest BCUT2D eigenvalue weighted by Crippen LogP contribution is -2.46. The average Bonchev–Trinajstić information content (AvgIpc) is 2.35. The number of amides is 1. The Labute approximate surface area is 132 Å². The quantitative estimate of drug-likeness (QED) is 0.867. The number of nitrogens with one attached hydrogen (secondary N) is 1. The molecule has 0 bridgehead atoms. The number of hydrogen-bond acceptors (Lipinski definition) is 4. The molecule has 1 aromatic rings. The van der Waals surface area contributed by atoms with Crippen molar-refractivity contribution in [3.8, 4) is 5.75 Å². The maximum Gasteiger partial charge on any atom is 0.225 e. The van der Waals surface area contributed by atoms with Crippen molar-refractivity contribution in [1.82, 2.24) is 4.31 Å². The van der Waals surface area contributed by atoms with Crippen LogP contribution >= 0.6 is 0 Å². The van der Waals surface area contributed by atoms with Gasteiger partial charge in [0.25, 0.3) is 0 Å². The molecule has 1 amide bonds. The highest BCUT2D eigenvalue weighted by molar-refractivity contribution is 7.88. The van der Waals surface area contributed by atoms with Crippen molar-refractivity contribution in [2.24, 2.45) is 0 Å². The van der Waals surface area contributed by atoms with Crippen molar-refractivity contribution in [3.05, 3.63) is 24.3 Å². The van der Waals surface area contributed by atoms with Gasteiger partial charge in [0.2, 0.25) is 15.9 Å². The third kappa shape index (κ3) is 5.65. The SMILES string of the molecule is COc1cccc(NC(=O)CCN(C(C)(C)C)S(C)(=O)=O)c1. The second kappa shape index (κ2) is 7.11. The van der Waals surface area contributed by atoms with Crippen molar-refractivity contribution < 1.29 is 17.9 Å². The number of hydrogen-bond donors (Lipinski definition) is 1. The van der Waals surface area contributed by atoms with Crippen LogP contribution in [0.4, 0.5) is 5.69 Å². The molecule has 1 N–H and O–H groups in total. The smallest absolute Gasteiger partial charge is 0.225 e. The first kappa shape index (κ1) is 18.4. The Morgan fingerprint density at radius 1 is 1.32 bits per heavy atom. The lowest BCUT2D eigenvalue weighted by Gasteiger charge is -2.33. The summed E-state index contributed by atoms with van der Waals surface area (Å²) < 4.78 is 30.0. The Balaban J connectivity index is 2.68. The number of methoxy groups -OCH3 is 1. The number of rotatable bonds is 6. The molecule has 6 nitrogen and oxygen atoms in total. The fraction of sp³-hybridized carbons (Fsp3) is 0.533. The van der Waals surface area contributed by atoms with Gasteiger partial charge in [-0.05, 0) is 32.9 Å². The molecule has 0 spiro atoms. The number of sulfonamides is 1. The summed E-state index contributed by atoms with van der Waals surface area (Å²) in [6, 6.07) is 7.00. The van der Waals surface area contributed by atoms with Gasteiger partial charge in [0.05, 0.1) is 13.4 Å². The van der Waals surface area contributed by atoms with Gasteiger partial charge in [-0.2, -0.15) is 4.31 Å². The van der Waals surface area contributed by atoms with E-state index >= 15 is 0 Å². The first-order chi connectivity index (χ1) is 10.0. The highest BCUT2D eigenvalue weighted by Gasteiger charge is 2.29. The summed E-state index contributed by atoms with van der Waals surface area (Å²) in [6.45, 7) is 5.54. The van der Waals surface area contributed by atoms with Gasteiger partial charge in [-0.15, -0.1) is 0 Å². The van der Waals surface area contributed by atoms with Crippen molar-refractivity contribution in [2.45, 2.75) is 32.7 Å². The summed E-state index contributed by atoms with van der Waals surface area (Å²) in [7, 11) is -1.82. The molecular formula is C15H24N2O4S.